The number of nitrogens with zero attached hydrogens (tertiary/aromatic N) is 4. The fraction of sp³-hybridized carbons (Fsp3) is 0.321. The molecule has 0 atom stereocenters. The molecule has 2 aromatic carbocycles. The molecule has 9 nitrogen and oxygen atoms in total. The van der Waals surface area contributed by atoms with Gasteiger partial charge in [0, 0.05) is 32.9 Å². The van der Waals surface area contributed by atoms with Gasteiger partial charge in [-0.25, -0.2) is 9.98 Å². The lowest BCUT2D eigenvalue weighted by Gasteiger charge is -2.30. The van der Waals surface area contributed by atoms with E-state index in [1.165, 1.54) is 0 Å². The number of rotatable bonds is 7. The highest BCUT2D eigenvalue weighted by molar-refractivity contribution is 5.96. The van der Waals surface area contributed by atoms with Crippen molar-refractivity contribution in [3.05, 3.63) is 71.2 Å². The van der Waals surface area contributed by atoms with Gasteiger partial charge in [0.05, 0.1) is 36.8 Å². The summed E-state index contributed by atoms with van der Waals surface area (Å²) in [6.45, 7) is 11.0. The Hall–Kier alpha value is -4.11. The summed E-state index contributed by atoms with van der Waals surface area (Å²) >= 11 is 0. The molecule has 1 aromatic heterocycles. The molecule has 194 valence electrons. The predicted molar refractivity (Wildman–Crippen MR) is 150 cm³/mol. The molecule has 0 unspecified atom stereocenters. The maximum atomic E-state index is 13.0. The summed E-state index contributed by atoms with van der Waals surface area (Å²) in [7, 11) is 3.63. The highest BCUT2D eigenvalue weighted by atomic mass is 16.5. The van der Waals surface area contributed by atoms with Crippen molar-refractivity contribution >= 4 is 28.6 Å². The van der Waals surface area contributed by atoms with Crippen molar-refractivity contribution in [3.8, 4) is 17.1 Å². The monoisotopic (exact) mass is 502 g/mol. The summed E-state index contributed by atoms with van der Waals surface area (Å²) < 4.78 is 11.4. The van der Waals surface area contributed by atoms with Crippen LogP contribution in [0.3, 0.4) is 0 Å². The van der Waals surface area contributed by atoms with E-state index in [1.807, 2.05) is 76.5 Å². The molecule has 0 saturated carbocycles. The Bertz CT molecular complexity index is 1330. The van der Waals surface area contributed by atoms with E-state index in [2.05, 4.69) is 21.8 Å². The second-order valence-electron chi connectivity index (χ2n) is 8.93. The molecule has 0 spiro atoms. The van der Waals surface area contributed by atoms with Crippen LogP contribution in [0.1, 0.15) is 19.5 Å². The molecule has 1 aliphatic heterocycles. The second kappa shape index (κ2) is 11.7. The molecule has 2 heterocycles. The number of aliphatic imine (C=N–C) groups is 1. The van der Waals surface area contributed by atoms with Gasteiger partial charge < -0.3 is 29.6 Å². The Balaban J connectivity index is 1.78. The van der Waals surface area contributed by atoms with E-state index in [1.54, 1.807) is 4.90 Å². The standard InChI is InChI=1S/C28H34N6O3/c1-6-37-23-13-12-21(18-22(23)26-31-24(19(2)3)25(33(4)5)27(35)32-26)30-28(34-14-16-36-17-15-34)29-20-10-8-7-9-11-20/h7-13,18H,2,6,14-17H2,1,3-5H3,(H,29,30)(H,31,32,35). The lowest BCUT2D eigenvalue weighted by molar-refractivity contribution is 0.0680. The number of nitrogens with one attached hydrogen (secondary N) is 2. The van der Waals surface area contributed by atoms with Crippen molar-refractivity contribution in [3.63, 3.8) is 0 Å². The van der Waals surface area contributed by atoms with E-state index in [9.17, 15) is 4.79 Å². The average Bonchev–Trinajstić information content (AvgIpc) is 2.89. The maximum Gasteiger partial charge on any atom is 0.275 e. The number of H-pyrrole nitrogens is 1. The zero-order valence-corrected chi connectivity index (χ0v) is 21.9. The Morgan fingerprint density at radius 1 is 1.22 bits per heavy atom. The lowest BCUT2D eigenvalue weighted by Crippen LogP contribution is -2.44. The summed E-state index contributed by atoms with van der Waals surface area (Å²) in [4.78, 5) is 29.6. The SMILES string of the molecule is C=C(C)c1nc(-c2cc(NC(=Nc3ccccc3)N3CCOCC3)ccc2OCC)[nH]c(=O)c1N(C)C. The number of hydrogen-bond donors (Lipinski definition) is 2. The zero-order valence-electron chi connectivity index (χ0n) is 21.9. The van der Waals surface area contributed by atoms with Gasteiger partial charge in [0.1, 0.15) is 17.3 Å². The number of guanidine groups is 1. The number of para-hydroxylation sites is 1. The molecule has 0 bridgehead atoms. The van der Waals surface area contributed by atoms with Crippen LogP contribution in [0.2, 0.25) is 0 Å². The third-order valence-electron chi connectivity index (χ3n) is 5.84. The van der Waals surface area contributed by atoms with Crippen LogP contribution >= 0.6 is 0 Å². The molecule has 0 amide bonds. The molecular formula is C28H34N6O3. The molecule has 9 heteroatoms. The number of hydrogen-bond acceptors (Lipinski definition) is 6. The van der Waals surface area contributed by atoms with Gasteiger partial charge in [0.15, 0.2) is 0 Å². The highest BCUT2D eigenvalue weighted by Crippen LogP contribution is 2.32. The van der Waals surface area contributed by atoms with Crippen molar-refractivity contribution < 1.29 is 9.47 Å². The molecule has 1 saturated heterocycles. The smallest absolute Gasteiger partial charge is 0.275 e. The predicted octanol–water partition coefficient (Wildman–Crippen LogP) is 4.37. The van der Waals surface area contributed by atoms with E-state index >= 15 is 0 Å². The topological polar surface area (TPSA) is 95.1 Å². The second-order valence-corrected chi connectivity index (χ2v) is 8.93. The number of allylic oxidation sites excluding steroid dienone is 1. The van der Waals surface area contributed by atoms with Gasteiger partial charge >= 0.3 is 0 Å². The van der Waals surface area contributed by atoms with Crippen LogP contribution in [-0.4, -0.2) is 67.8 Å². The van der Waals surface area contributed by atoms with Crippen molar-refractivity contribution in [1.82, 2.24) is 14.9 Å². The zero-order chi connectivity index (χ0) is 26.4. The summed E-state index contributed by atoms with van der Waals surface area (Å²) in [5, 5.41) is 3.48. The summed E-state index contributed by atoms with van der Waals surface area (Å²) in [5.74, 6) is 1.75. The van der Waals surface area contributed by atoms with Gasteiger partial charge in [0.25, 0.3) is 5.56 Å². The van der Waals surface area contributed by atoms with Crippen LogP contribution in [0, 0.1) is 0 Å². The van der Waals surface area contributed by atoms with Gasteiger partial charge in [-0.05, 0) is 49.8 Å². The highest BCUT2D eigenvalue weighted by Gasteiger charge is 2.20. The van der Waals surface area contributed by atoms with E-state index in [-0.39, 0.29) is 5.56 Å². The van der Waals surface area contributed by atoms with Gasteiger partial charge in [0.2, 0.25) is 5.96 Å². The third-order valence-corrected chi connectivity index (χ3v) is 5.84. The fourth-order valence-corrected chi connectivity index (χ4v) is 4.09. The number of aromatic amines is 1. The first-order valence-electron chi connectivity index (χ1n) is 12.4. The Labute approximate surface area is 217 Å². The first-order chi connectivity index (χ1) is 17.9. The van der Waals surface area contributed by atoms with Crippen molar-refractivity contribution in [2.24, 2.45) is 4.99 Å². The minimum Gasteiger partial charge on any atom is -0.493 e. The molecule has 0 radical (unpaired) electrons. The number of ether oxygens (including phenoxy) is 2. The maximum absolute atomic E-state index is 13.0. The lowest BCUT2D eigenvalue weighted by atomic mass is 10.1. The van der Waals surface area contributed by atoms with Crippen LogP contribution in [-0.2, 0) is 4.74 Å². The van der Waals surface area contributed by atoms with Gasteiger partial charge in [-0.3, -0.25) is 4.79 Å². The molecule has 1 aliphatic rings. The van der Waals surface area contributed by atoms with E-state index < -0.39 is 0 Å². The average molecular weight is 503 g/mol. The van der Waals surface area contributed by atoms with Crippen LogP contribution in [0.4, 0.5) is 17.1 Å². The largest absolute Gasteiger partial charge is 0.493 e. The Kier molecular flexibility index (Phi) is 8.25. The van der Waals surface area contributed by atoms with Gasteiger partial charge in [-0.15, -0.1) is 0 Å². The summed E-state index contributed by atoms with van der Waals surface area (Å²) in [6, 6.07) is 15.5. The van der Waals surface area contributed by atoms with Gasteiger partial charge in [-0.1, -0.05) is 24.8 Å². The minimum atomic E-state index is -0.242. The van der Waals surface area contributed by atoms with Crippen LogP contribution in [0.15, 0.2) is 64.9 Å². The number of morpholine rings is 1. The van der Waals surface area contributed by atoms with Crippen molar-refractivity contribution in [2.45, 2.75) is 13.8 Å². The Morgan fingerprint density at radius 3 is 2.59 bits per heavy atom. The number of benzene rings is 2. The molecular weight excluding hydrogens is 468 g/mol. The molecule has 37 heavy (non-hydrogen) atoms. The van der Waals surface area contributed by atoms with Gasteiger partial charge in [-0.2, -0.15) is 0 Å². The molecule has 3 aromatic rings. The summed E-state index contributed by atoms with van der Waals surface area (Å²) in [6.07, 6.45) is 0. The minimum absolute atomic E-state index is 0.242. The van der Waals surface area contributed by atoms with E-state index in [0.717, 1.165) is 30.4 Å². The number of aromatic nitrogens is 2. The van der Waals surface area contributed by atoms with E-state index in [0.29, 0.717) is 53.9 Å². The fourth-order valence-electron chi connectivity index (χ4n) is 4.09. The molecule has 2 N–H and O–H groups in total. The quantitative estimate of drug-likeness (QED) is 0.366. The Morgan fingerprint density at radius 2 is 1.95 bits per heavy atom. The van der Waals surface area contributed by atoms with Crippen LogP contribution in [0.25, 0.3) is 17.0 Å². The normalized spacial score (nSPS) is 13.8. The van der Waals surface area contributed by atoms with Crippen LogP contribution < -0.4 is 20.5 Å². The van der Waals surface area contributed by atoms with Crippen LogP contribution in [0.5, 0.6) is 5.75 Å². The van der Waals surface area contributed by atoms with Crippen molar-refractivity contribution in [2.75, 3.05) is 57.2 Å². The first kappa shape index (κ1) is 26.0. The molecule has 4 rings (SSSR count). The summed E-state index contributed by atoms with van der Waals surface area (Å²) in [5.41, 5.74) is 3.77. The first-order valence-corrected chi connectivity index (χ1v) is 12.4. The number of anilines is 2. The molecule has 0 aliphatic carbocycles. The third kappa shape index (κ3) is 6.18. The molecule has 1 fully saturated rings. The van der Waals surface area contributed by atoms with Crippen molar-refractivity contribution in [1.29, 1.82) is 0 Å². The van der Waals surface area contributed by atoms with E-state index in [4.69, 9.17) is 19.5 Å².